The van der Waals surface area contributed by atoms with Crippen LogP contribution in [0.4, 0.5) is 4.39 Å². The number of aryl methyl sites for hydroxylation is 1. The molecule has 1 aromatic rings. The maximum absolute atomic E-state index is 13.8. The van der Waals surface area contributed by atoms with E-state index in [4.69, 9.17) is 0 Å². The Balaban J connectivity index is 2.39. The average Bonchev–Trinajstić information content (AvgIpc) is 2.42. The second kappa shape index (κ2) is 5.73. The first-order chi connectivity index (χ1) is 9.77. The Morgan fingerprint density at radius 2 is 1.90 bits per heavy atom. The van der Waals surface area contributed by atoms with Gasteiger partial charge in [0.2, 0.25) is 10.0 Å². The van der Waals surface area contributed by atoms with Gasteiger partial charge in [-0.25, -0.2) is 12.8 Å². The molecule has 0 spiro atoms. The molecule has 7 heteroatoms. The van der Waals surface area contributed by atoms with Crippen molar-refractivity contribution in [3.8, 4) is 0 Å². The third kappa shape index (κ3) is 3.24. The van der Waals surface area contributed by atoms with Gasteiger partial charge in [0.15, 0.2) is 0 Å². The maximum atomic E-state index is 13.8. The standard InChI is InChI=1S/C14H18FNO4S/c1-10-5-6-11(15)12(9-10)21(19,20)16-14(13(17)18)7-3-2-4-8-14/h5-6,9,16H,2-4,7-8H2,1H3,(H,17,18). The Kier molecular flexibility index (Phi) is 4.34. The molecule has 1 saturated carbocycles. The summed E-state index contributed by atoms with van der Waals surface area (Å²) in [5.74, 6) is -2.09. The number of rotatable bonds is 4. The first kappa shape index (κ1) is 15.9. The molecule has 2 N–H and O–H groups in total. The topological polar surface area (TPSA) is 83.5 Å². The summed E-state index contributed by atoms with van der Waals surface area (Å²) < 4.78 is 40.7. The number of aliphatic carboxylic acids is 1. The van der Waals surface area contributed by atoms with Crippen molar-refractivity contribution in [2.45, 2.75) is 49.5 Å². The lowest BCUT2D eigenvalue weighted by Crippen LogP contribution is -2.55. The summed E-state index contributed by atoms with van der Waals surface area (Å²) in [4.78, 5) is 11.0. The van der Waals surface area contributed by atoms with Crippen LogP contribution in [-0.4, -0.2) is 25.0 Å². The number of carboxylic acid groups (broad SMARTS) is 1. The van der Waals surface area contributed by atoms with E-state index >= 15 is 0 Å². The van der Waals surface area contributed by atoms with Crippen LogP contribution in [0.5, 0.6) is 0 Å². The molecular formula is C14H18FNO4S. The summed E-state index contributed by atoms with van der Waals surface area (Å²) in [5.41, 5.74) is -0.947. The summed E-state index contributed by atoms with van der Waals surface area (Å²) >= 11 is 0. The van der Waals surface area contributed by atoms with E-state index in [1.165, 1.54) is 12.1 Å². The first-order valence-corrected chi connectivity index (χ1v) is 8.29. The largest absolute Gasteiger partial charge is 0.480 e. The number of sulfonamides is 1. The second-order valence-electron chi connectivity index (χ2n) is 5.49. The van der Waals surface area contributed by atoms with Crippen molar-refractivity contribution in [3.63, 3.8) is 0 Å². The Hall–Kier alpha value is -1.47. The number of halogens is 1. The lowest BCUT2D eigenvalue weighted by molar-refractivity contribution is -0.145. The number of hydrogen-bond donors (Lipinski definition) is 2. The highest BCUT2D eigenvalue weighted by molar-refractivity contribution is 7.89. The van der Waals surface area contributed by atoms with Crippen molar-refractivity contribution in [1.29, 1.82) is 0 Å². The monoisotopic (exact) mass is 315 g/mol. The predicted octanol–water partition coefficient (Wildman–Crippen LogP) is 2.20. The SMILES string of the molecule is Cc1ccc(F)c(S(=O)(=O)NC2(C(=O)O)CCCCC2)c1. The first-order valence-electron chi connectivity index (χ1n) is 6.80. The molecule has 1 fully saturated rings. The van der Waals surface area contributed by atoms with E-state index in [9.17, 15) is 22.7 Å². The molecular weight excluding hydrogens is 297 g/mol. The van der Waals surface area contributed by atoms with Crippen LogP contribution in [0.25, 0.3) is 0 Å². The summed E-state index contributed by atoms with van der Waals surface area (Å²) in [6.07, 6.45) is 2.57. The zero-order valence-corrected chi connectivity index (χ0v) is 12.5. The van der Waals surface area contributed by atoms with Gasteiger partial charge in [0, 0.05) is 0 Å². The maximum Gasteiger partial charge on any atom is 0.324 e. The van der Waals surface area contributed by atoms with Gasteiger partial charge in [-0.15, -0.1) is 0 Å². The van der Waals surface area contributed by atoms with E-state index in [-0.39, 0.29) is 12.8 Å². The third-order valence-electron chi connectivity index (χ3n) is 3.82. The summed E-state index contributed by atoms with van der Waals surface area (Å²) in [5, 5.41) is 9.40. The molecule has 0 unspecified atom stereocenters. The molecule has 116 valence electrons. The molecule has 1 aromatic carbocycles. The molecule has 0 radical (unpaired) electrons. The van der Waals surface area contributed by atoms with Gasteiger partial charge in [-0.2, -0.15) is 4.72 Å². The van der Waals surface area contributed by atoms with Gasteiger partial charge in [-0.3, -0.25) is 4.79 Å². The molecule has 0 saturated heterocycles. The molecule has 0 atom stereocenters. The summed E-state index contributed by atoms with van der Waals surface area (Å²) in [7, 11) is -4.22. The highest BCUT2D eigenvalue weighted by Crippen LogP contribution is 2.30. The van der Waals surface area contributed by atoms with E-state index in [1.54, 1.807) is 6.92 Å². The number of carbonyl (C=O) groups is 1. The summed E-state index contributed by atoms with van der Waals surface area (Å²) in [6, 6.07) is 3.73. The van der Waals surface area contributed by atoms with Gasteiger partial charge in [0.1, 0.15) is 16.3 Å². The normalized spacial score (nSPS) is 18.4. The molecule has 21 heavy (non-hydrogen) atoms. The average molecular weight is 315 g/mol. The van der Waals surface area contributed by atoms with Crippen molar-refractivity contribution >= 4 is 16.0 Å². The Morgan fingerprint density at radius 3 is 2.48 bits per heavy atom. The van der Waals surface area contributed by atoms with E-state index in [1.807, 2.05) is 0 Å². The van der Waals surface area contributed by atoms with Gasteiger partial charge in [0.05, 0.1) is 0 Å². The second-order valence-corrected chi connectivity index (χ2v) is 7.14. The van der Waals surface area contributed by atoms with Crippen LogP contribution in [0.3, 0.4) is 0 Å². The minimum absolute atomic E-state index is 0.217. The van der Waals surface area contributed by atoms with E-state index in [0.717, 1.165) is 12.5 Å². The molecule has 0 aliphatic heterocycles. The lowest BCUT2D eigenvalue weighted by Gasteiger charge is -2.33. The fourth-order valence-corrected chi connectivity index (χ4v) is 4.23. The Morgan fingerprint density at radius 1 is 1.29 bits per heavy atom. The van der Waals surface area contributed by atoms with Gasteiger partial charge < -0.3 is 5.11 Å². The molecule has 1 aliphatic rings. The van der Waals surface area contributed by atoms with Crippen LogP contribution in [-0.2, 0) is 14.8 Å². The molecule has 0 heterocycles. The molecule has 2 rings (SSSR count). The number of benzene rings is 1. The number of carboxylic acids is 1. The van der Waals surface area contributed by atoms with Gasteiger partial charge in [-0.1, -0.05) is 25.3 Å². The Labute approximate surface area is 123 Å². The summed E-state index contributed by atoms with van der Waals surface area (Å²) in [6.45, 7) is 1.64. The molecule has 0 aromatic heterocycles. The van der Waals surface area contributed by atoms with E-state index in [0.29, 0.717) is 18.4 Å². The lowest BCUT2D eigenvalue weighted by atomic mass is 9.83. The quantitative estimate of drug-likeness (QED) is 0.892. The smallest absolute Gasteiger partial charge is 0.324 e. The zero-order chi connectivity index (χ0) is 15.7. The zero-order valence-electron chi connectivity index (χ0n) is 11.7. The predicted molar refractivity (Wildman–Crippen MR) is 74.9 cm³/mol. The Bertz CT molecular complexity index is 651. The molecule has 0 bridgehead atoms. The van der Waals surface area contributed by atoms with Gasteiger partial charge in [-0.05, 0) is 37.5 Å². The third-order valence-corrected chi connectivity index (χ3v) is 5.37. The van der Waals surface area contributed by atoms with Crippen LogP contribution in [0.15, 0.2) is 23.1 Å². The van der Waals surface area contributed by atoms with Crippen LogP contribution < -0.4 is 4.72 Å². The fourth-order valence-electron chi connectivity index (χ4n) is 2.64. The fraction of sp³-hybridized carbons (Fsp3) is 0.500. The van der Waals surface area contributed by atoms with Crippen molar-refractivity contribution in [1.82, 2.24) is 4.72 Å². The van der Waals surface area contributed by atoms with Crippen molar-refractivity contribution in [2.24, 2.45) is 0 Å². The van der Waals surface area contributed by atoms with E-state index in [2.05, 4.69) is 4.72 Å². The van der Waals surface area contributed by atoms with E-state index < -0.39 is 32.2 Å². The highest BCUT2D eigenvalue weighted by atomic mass is 32.2. The van der Waals surface area contributed by atoms with Crippen LogP contribution in [0.1, 0.15) is 37.7 Å². The number of nitrogens with one attached hydrogen (secondary N) is 1. The molecule has 0 amide bonds. The van der Waals surface area contributed by atoms with Crippen molar-refractivity contribution in [2.75, 3.05) is 0 Å². The van der Waals surface area contributed by atoms with Gasteiger partial charge >= 0.3 is 5.97 Å². The molecule has 1 aliphatic carbocycles. The number of hydrogen-bond acceptors (Lipinski definition) is 3. The minimum atomic E-state index is -4.22. The van der Waals surface area contributed by atoms with Crippen LogP contribution in [0, 0.1) is 12.7 Å². The van der Waals surface area contributed by atoms with Gasteiger partial charge in [0.25, 0.3) is 0 Å². The molecule has 5 nitrogen and oxygen atoms in total. The van der Waals surface area contributed by atoms with Crippen LogP contribution >= 0.6 is 0 Å². The van der Waals surface area contributed by atoms with Crippen molar-refractivity contribution in [3.05, 3.63) is 29.6 Å². The van der Waals surface area contributed by atoms with Crippen LogP contribution in [0.2, 0.25) is 0 Å². The highest BCUT2D eigenvalue weighted by Gasteiger charge is 2.43. The minimum Gasteiger partial charge on any atom is -0.480 e. The van der Waals surface area contributed by atoms with Crippen molar-refractivity contribution < 1.29 is 22.7 Å².